The molecule has 3 aromatic carbocycles. The Balaban J connectivity index is 0. The Bertz CT molecular complexity index is 575. The van der Waals surface area contributed by atoms with Crippen molar-refractivity contribution in [3.05, 3.63) is 72.3 Å². The van der Waals surface area contributed by atoms with E-state index in [4.69, 9.17) is 0 Å². The van der Waals surface area contributed by atoms with Crippen LogP contribution in [-0.4, -0.2) is 9.52 Å². The predicted octanol–water partition coefficient (Wildman–Crippen LogP) is -2.06. The average Bonchev–Trinajstić information content (AvgIpc) is 2.80. The van der Waals surface area contributed by atoms with Gasteiger partial charge in [-0.1, -0.05) is 55.1 Å². The van der Waals surface area contributed by atoms with Crippen molar-refractivity contribution < 1.29 is 51.0 Å². The molecule has 107 valence electrons. The van der Waals surface area contributed by atoms with Gasteiger partial charge >= 0.3 is 26.2 Å². The molecular weight excluding hydrogens is 394 g/mol. The molecule has 21 heavy (non-hydrogen) atoms. The zero-order valence-electron chi connectivity index (χ0n) is 12.1. The standard InChI is InChI=1S/C10H9.C7H8Si.2ClH.Zr/c1-8-6-9-4-2-3-5-10(9)7-8;1-8-7-5-3-2-4-6-7;;;/h2-7H,1H3;2-6H,1H3;2*1H;/q-1;;;;+3/p-2. The van der Waals surface area contributed by atoms with Crippen LogP contribution < -0.4 is 30.0 Å². The minimum absolute atomic E-state index is 0. The molecule has 0 spiro atoms. The Kier molecular flexibility index (Phi) is 13.5. The summed E-state index contributed by atoms with van der Waals surface area (Å²) in [7, 11) is 0.930. The fraction of sp³-hybridized carbons (Fsp3) is 0.118. The van der Waals surface area contributed by atoms with E-state index in [9.17, 15) is 0 Å². The van der Waals surface area contributed by atoms with Crippen LogP contribution in [0, 0.1) is 6.92 Å². The fourth-order valence-corrected chi connectivity index (χ4v) is 2.44. The molecule has 0 aliphatic carbocycles. The van der Waals surface area contributed by atoms with Crippen molar-refractivity contribution >= 4 is 25.5 Å². The molecule has 4 heteroatoms. The summed E-state index contributed by atoms with van der Waals surface area (Å²) in [5.41, 5.74) is 1.35. The first-order valence-electron chi connectivity index (χ1n) is 6.14. The largest absolute Gasteiger partial charge is 3.00 e. The van der Waals surface area contributed by atoms with Gasteiger partial charge < -0.3 is 24.8 Å². The SMILES string of the molecule is C[Si]c1ccccc1.Cc1cc2ccccc2[cH-]1.[Cl-].[Cl-].[Zr+3]. The summed E-state index contributed by atoms with van der Waals surface area (Å²) in [6, 6.07) is 23.3. The van der Waals surface area contributed by atoms with E-state index in [1.165, 1.54) is 21.5 Å². The number of hydrogen-bond donors (Lipinski definition) is 0. The number of rotatable bonds is 1. The molecule has 0 amide bonds. The Labute approximate surface area is 161 Å². The zero-order chi connectivity index (χ0) is 12.8. The van der Waals surface area contributed by atoms with E-state index in [-0.39, 0.29) is 51.0 Å². The van der Waals surface area contributed by atoms with Crippen molar-refractivity contribution in [2.75, 3.05) is 0 Å². The molecule has 0 saturated carbocycles. The first kappa shape index (κ1) is 23.0. The minimum Gasteiger partial charge on any atom is -1.00 e. The van der Waals surface area contributed by atoms with E-state index in [2.05, 4.69) is 74.1 Å². The third-order valence-corrected chi connectivity index (χ3v) is 3.74. The Morgan fingerprint density at radius 3 is 1.95 bits per heavy atom. The first-order valence-corrected chi connectivity index (χ1v) is 7.64. The van der Waals surface area contributed by atoms with Gasteiger partial charge in [-0.05, 0) is 0 Å². The maximum atomic E-state index is 2.20. The maximum absolute atomic E-state index is 2.20. The predicted molar refractivity (Wildman–Crippen MR) is 82.0 cm³/mol. The molecular formula is C17H17Cl2SiZr. The van der Waals surface area contributed by atoms with Gasteiger partial charge in [0.1, 0.15) is 0 Å². The van der Waals surface area contributed by atoms with Gasteiger partial charge in [-0.25, -0.2) is 0 Å². The third kappa shape index (κ3) is 7.51. The van der Waals surface area contributed by atoms with Crippen molar-refractivity contribution in [2.45, 2.75) is 13.5 Å². The smallest absolute Gasteiger partial charge is 1.00 e. The van der Waals surface area contributed by atoms with E-state index < -0.39 is 0 Å². The second-order valence-electron chi connectivity index (χ2n) is 4.28. The van der Waals surface area contributed by atoms with Crippen LogP contribution in [0.15, 0.2) is 66.7 Å². The zero-order valence-corrected chi connectivity index (χ0v) is 17.1. The van der Waals surface area contributed by atoms with Crippen molar-refractivity contribution in [3.8, 4) is 0 Å². The summed E-state index contributed by atoms with van der Waals surface area (Å²) in [4.78, 5) is 0. The molecule has 0 aliphatic heterocycles. The normalized spacial score (nSPS) is 8.48. The second kappa shape index (κ2) is 12.3. The number of hydrogen-bond acceptors (Lipinski definition) is 0. The fourth-order valence-electron chi connectivity index (χ4n) is 1.91. The quantitative estimate of drug-likeness (QED) is 0.319. The van der Waals surface area contributed by atoms with Crippen molar-refractivity contribution in [3.63, 3.8) is 0 Å². The van der Waals surface area contributed by atoms with Crippen LogP contribution in [0.2, 0.25) is 6.55 Å². The minimum atomic E-state index is 0. The van der Waals surface area contributed by atoms with E-state index in [0.29, 0.717) is 0 Å². The first-order chi connectivity index (χ1) is 8.79. The van der Waals surface area contributed by atoms with Gasteiger partial charge in [0.2, 0.25) is 0 Å². The molecule has 0 saturated heterocycles. The average molecular weight is 412 g/mol. The molecule has 0 fully saturated rings. The molecule has 0 heterocycles. The van der Waals surface area contributed by atoms with Gasteiger partial charge in [0.15, 0.2) is 0 Å². The molecule has 3 radical (unpaired) electrons. The van der Waals surface area contributed by atoms with Crippen molar-refractivity contribution in [1.29, 1.82) is 0 Å². The van der Waals surface area contributed by atoms with Crippen LogP contribution in [0.1, 0.15) is 5.56 Å². The summed E-state index contributed by atoms with van der Waals surface area (Å²) in [5, 5.41) is 4.13. The van der Waals surface area contributed by atoms with Crippen LogP contribution in [0.5, 0.6) is 0 Å². The van der Waals surface area contributed by atoms with E-state index >= 15 is 0 Å². The monoisotopic (exact) mass is 409 g/mol. The second-order valence-corrected chi connectivity index (χ2v) is 5.35. The number of aryl methyl sites for hydroxylation is 1. The van der Waals surface area contributed by atoms with Crippen molar-refractivity contribution in [1.82, 2.24) is 0 Å². The van der Waals surface area contributed by atoms with E-state index in [1.54, 1.807) is 0 Å². The molecule has 0 bridgehead atoms. The van der Waals surface area contributed by atoms with Crippen LogP contribution in [0.3, 0.4) is 0 Å². The molecule has 0 unspecified atom stereocenters. The molecule has 3 rings (SSSR count). The summed E-state index contributed by atoms with van der Waals surface area (Å²) >= 11 is 0. The number of benzene rings is 2. The Morgan fingerprint density at radius 2 is 1.43 bits per heavy atom. The van der Waals surface area contributed by atoms with Crippen LogP contribution in [0.4, 0.5) is 0 Å². The molecule has 0 aliphatic rings. The molecule has 0 nitrogen and oxygen atoms in total. The van der Waals surface area contributed by atoms with Gasteiger partial charge in [-0.2, -0.15) is 6.07 Å². The summed E-state index contributed by atoms with van der Waals surface area (Å²) < 4.78 is 0. The third-order valence-electron chi connectivity index (χ3n) is 2.82. The van der Waals surface area contributed by atoms with Gasteiger partial charge in [-0.3, -0.25) is 0 Å². The summed E-state index contributed by atoms with van der Waals surface area (Å²) in [6.45, 7) is 4.31. The van der Waals surface area contributed by atoms with E-state index in [0.717, 1.165) is 9.52 Å². The number of fused-ring (bicyclic) bond motifs is 1. The summed E-state index contributed by atoms with van der Waals surface area (Å²) in [6.07, 6.45) is 0. The maximum Gasteiger partial charge on any atom is 3.00 e. The molecule has 3 aromatic rings. The van der Waals surface area contributed by atoms with Gasteiger partial charge in [0, 0.05) is 0 Å². The van der Waals surface area contributed by atoms with Crippen LogP contribution in [0.25, 0.3) is 10.8 Å². The Hall–Kier alpha value is -0.270. The number of halogens is 2. The van der Waals surface area contributed by atoms with Crippen molar-refractivity contribution in [2.24, 2.45) is 0 Å². The molecule has 0 atom stereocenters. The van der Waals surface area contributed by atoms with Crippen LogP contribution in [-0.2, 0) is 26.2 Å². The molecule has 0 aromatic heterocycles. The Morgan fingerprint density at radius 1 is 0.857 bits per heavy atom. The molecule has 0 N–H and O–H groups in total. The summed E-state index contributed by atoms with van der Waals surface area (Å²) in [5.74, 6) is 0. The topological polar surface area (TPSA) is 0 Å². The van der Waals surface area contributed by atoms with Gasteiger partial charge in [0.05, 0.1) is 9.52 Å². The van der Waals surface area contributed by atoms with Crippen LogP contribution >= 0.6 is 0 Å². The van der Waals surface area contributed by atoms with E-state index in [1.807, 2.05) is 6.07 Å². The van der Waals surface area contributed by atoms with Gasteiger partial charge in [-0.15, -0.1) is 40.6 Å². The van der Waals surface area contributed by atoms with Gasteiger partial charge in [0.25, 0.3) is 0 Å².